The largest absolute Gasteiger partial charge is 0.491 e. The van der Waals surface area contributed by atoms with Gasteiger partial charge < -0.3 is 10.5 Å². The molecule has 62 valence electrons. The average molecular weight is 161 g/mol. The smallest absolute Gasteiger partial charge is 0.134 e. The molecule has 1 rings (SSSR count). The van der Waals surface area contributed by atoms with E-state index in [-0.39, 0.29) is 0 Å². The number of nitrogens with two attached hydrogens (primary N) is 1. The number of ether oxygens (including phenoxy) is 1. The number of hydrogen-bond acceptors (Lipinski definition) is 2. The van der Waals surface area contributed by atoms with E-state index in [2.05, 4.69) is 5.92 Å². The minimum Gasteiger partial charge on any atom is -0.491 e. The third-order valence-electron chi connectivity index (χ3n) is 1.42. The van der Waals surface area contributed by atoms with Crippen LogP contribution in [0.1, 0.15) is 5.56 Å². The molecule has 0 aliphatic heterocycles. The predicted molar refractivity (Wildman–Crippen MR) is 48.9 cm³/mol. The first kappa shape index (κ1) is 8.63. The lowest BCUT2D eigenvalue weighted by Gasteiger charge is -2.05. The molecule has 0 atom stereocenters. The monoisotopic (exact) mass is 161 g/mol. The fourth-order valence-electron chi connectivity index (χ4n) is 0.881. The highest BCUT2D eigenvalue weighted by atomic mass is 16.5. The second kappa shape index (κ2) is 4.42. The second-order valence-corrected chi connectivity index (χ2v) is 2.28. The van der Waals surface area contributed by atoms with E-state index < -0.39 is 0 Å². The molecule has 2 heteroatoms. The summed E-state index contributed by atoms with van der Waals surface area (Å²) in [5.41, 5.74) is 6.06. The summed E-state index contributed by atoms with van der Waals surface area (Å²) < 4.78 is 5.31. The molecule has 12 heavy (non-hydrogen) atoms. The molecule has 1 aromatic carbocycles. The summed E-state index contributed by atoms with van der Waals surface area (Å²) >= 11 is 0. The van der Waals surface area contributed by atoms with E-state index in [4.69, 9.17) is 16.9 Å². The Labute approximate surface area is 72.3 Å². The minimum atomic E-state index is 0.499. The maximum absolute atomic E-state index is 5.31. The van der Waals surface area contributed by atoms with Gasteiger partial charge >= 0.3 is 0 Å². The van der Waals surface area contributed by atoms with Gasteiger partial charge in [0.15, 0.2) is 0 Å². The summed E-state index contributed by atoms with van der Waals surface area (Å²) in [5.74, 6) is 3.27. The standard InChI is InChI=1S/C10H11NO/c1-2-9-5-3-4-6-10(9)12-8-7-11/h1,3-6H,7-8,11H2. The van der Waals surface area contributed by atoms with Crippen molar-refractivity contribution in [1.29, 1.82) is 0 Å². The molecule has 0 bridgehead atoms. The summed E-state index contributed by atoms with van der Waals surface area (Å²) in [6.45, 7) is 0.998. The van der Waals surface area contributed by atoms with Crippen LogP contribution in [0.15, 0.2) is 24.3 Å². The quantitative estimate of drug-likeness (QED) is 0.671. The van der Waals surface area contributed by atoms with Gasteiger partial charge in [-0.05, 0) is 12.1 Å². The lowest BCUT2D eigenvalue weighted by atomic mass is 10.2. The Morgan fingerprint density at radius 3 is 2.83 bits per heavy atom. The van der Waals surface area contributed by atoms with E-state index in [1.807, 2.05) is 24.3 Å². The van der Waals surface area contributed by atoms with Crippen molar-refractivity contribution in [3.63, 3.8) is 0 Å². The minimum absolute atomic E-state index is 0.499. The van der Waals surface area contributed by atoms with Gasteiger partial charge in [-0.25, -0.2) is 0 Å². The first-order valence-corrected chi connectivity index (χ1v) is 3.77. The molecule has 0 aliphatic rings. The topological polar surface area (TPSA) is 35.2 Å². The van der Waals surface area contributed by atoms with E-state index in [9.17, 15) is 0 Å². The van der Waals surface area contributed by atoms with Crippen LogP contribution in [0.3, 0.4) is 0 Å². The molecule has 0 saturated carbocycles. The maximum atomic E-state index is 5.31. The first-order valence-electron chi connectivity index (χ1n) is 3.77. The van der Waals surface area contributed by atoms with Gasteiger partial charge in [0.25, 0.3) is 0 Å². The molecule has 0 heterocycles. The molecule has 0 fully saturated rings. The van der Waals surface area contributed by atoms with Crippen LogP contribution in [0.5, 0.6) is 5.75 Å². The van der Waals surface area contributed by atoms with Crippen LogP contribution in [-0.2, 0) is 0 Å². The van der Waals surface area contributed by atoms with Crippen LogP contribution in [0.2, 0.25) is 0 Å². The van der Waals surface area contributed by atoms with E-state index >= 15 is 0 Å². The Balaban J connectivity index is 2.77. The lowest BCUT2D eigenvalue weighted by Crippen LogP contribution is -2.11. The fraction of sp³-hybridized carbons (Fsp3) is 0.200. The third-order valence-corrected chi connectivity index (χ3v) is 1.42. The van der Waals surface area contributed by atoms with Crippen molar-refractivity contribution in [1.82, 2.24) is 0 Å². The van der Waals surface area contributed by atoms with Crippen LogP contribution in [0.4, 0.5) is 0 Å². The van der Waals surface area contributed by atoms with Crippen molar-refractivity contribution in [2.45, 2.75) is 0 Å². The van der Waals surface area contributed by atoms with Gasteiger partial charge in [-0.3, -0.25) is 0 Å². The van der Waals surface area contributed by atoms with Crippen molar-refractivity contribution in [2.24, 2.45) is 5.73 Å². The molecular formula is C10H11NO. The zero-order valence-corrected chi connectivity index (χ0v) is 6.79. The van der Waals surface area contributed by atoms with Crippen LogP contribution < -0.4 is 10.5 Å². The summed E-state index contributed by atoms with van der Waals surface area (Å²) in [4.78, 5) is 0. The number of rotatable bonds is 3. The number of terminal acetylenes is 1. The summed E-state index contributed by atoms with van der Waals surface area (Å²) in [6.07, 6.45) is 5.26. The predicted octanol–water partition coefficient (Wildman–Crippen LogP) is 1.01. The van der Waals surface area contributed by atoms with Crippen molar-refractivity contribution in [3.8, 4) is 18.1 Å². The van der Waals surface area contributed by atoms with Crippen molar-refractivity contribution in [2.75, 3.05) is 13.2 Å². The van der Waals surface area contributed by atoms with Gasteiger partial charge in [0.1, 0.15) is 12.4 Å². The molecule has 0 aliphatic carbocycles. The molecule has 2 nitrogen and oxygen atoms in total. The number of para-hydroxylation sites is 1. The van der Waals surface area contributed by atoms with E-state index in [0.29, 0.717) is 13.2 Å². The summed E-state index contributed by atoms with van der Waals surface area (Å²) in [5, 5.41) is 0. The number of hydrogen-bond donors (Lipinski definition) is 1. The zero-order chi connectivity index (χ0) is 8.81. The molecule has 0 radical (unpaired) electrons. The highest BCUT2D eigenvalue weighted by Crippen LogP contribution is 2.15. The number of benzene rings is 1. The van der Waals surface area contributed by atoms with Crippen molar-refractivity contribution < 1.29 is 4.74 Å². The molecule has 0 saturated heterocycles. The molecule has 0 aromatic heterocycles. The molecule has 1 aromatic rings. The zero-order valence-electron chi connectivity index (χ0n) is 6.79. The Bertz CT molecular complexity index is 288. The average Bonchev–Trinajstić information content (AvgIpc) is 2.15. The Kier molecular flexibility index (Phi) is 3.18. The lowest BCUT2D eigenvalue weighted by molar-refractivity contribution is 0.327. The Morgan fingerprint density at radius 2 is 2.17 bits per heavy atom. The highest BCUT2D eigenvalue weighted by Gasteiger charge is 1.97. The van der Waals surface area contributed by atoms with E-state index in [0.717, 1.165) is 11.3 Å². The van der Waals surface area contributed by atoms with Crippen LogP contribution in [0, 0.1) is 12.3 Å². The van der Waals surface area contributed by atoms with E-state index in [1.54, 1.807) is 0 Å². The van der Waals surface area contributed by atoms with Crippen molar-refractivity contribution in [3.05, 3.63) is 29.8 Å². The van der Waals surface area contributed by atoms with E-state index in [1.165, 1.54) is 0 Å². The van der Waals surface area contributed by atoms with Gasteiger partial charge in [0.2, 0.25) is 0 Å². The molecule has 0 amide bonds. The van der Waals surface area contributed by atoms with Crippen LogP contribution in [-0.4, -0.2) is 13.2 Å². The molecular weight excluding hydrogens is 150 g/mol. The van der Waals surface area contributed by atoms with Crippen LogP contribution in [0.25, 0.3) is 0 Å². The SMILES string of the molecule is C#Cc1ccccc1OCCN. The van der Waals surface area contributed by atoms with Gasteiger partial charge in [0.05, 0.1) is 5.56 Å². The molecule has 2 N–H and O–H groups in total. The Morgan fingerprint density at radius 1 is 1.42 bits per heavy atom. The van der Waals surface area contributed by atoms with Crippen LogP contribution >= 0.6 is 0 Å². The van der Waals surface area contributed by atoms with Gasteiger partial charge in [-0.2, -0.15) is 0 Å². The molecule has 0 unspecified atom stereocenters. The molecule has 0 spiro atoms. The Hall–Kier alpha value is -1.46. The van der Waals surface area contributed by atoms with Crippen molar-refractivity contribution >= 4 is 0 Å². The highest BCUT2D eigenvalue weighted by molar-refractivity contribution is 5.44. The van der Waals surface area contributed by atoms with Gasteiger partial charge in [-0.15, -0.1) is 6.42 Å². The summed E-state index contributed by atoms with van der Waals surface area (Å²) in [7, 11) is 0. The second-order valence-electron chi connectivity index (χ2n) is 2.28. The third kappa shape index (κ3) is 2.01. The first-order chi connectivity index (χ1) is 5.88. The van der Waals surface area contributed by atoms with Gasteiger partial charge in [0, 0.05) is 6.54 Å². The summed E-state index contributed by atoms with van der Waals surface area (Å²) in [6, 6.07) is 7.44. The van der Waals surface area contributed by atoms with Gasteiger partial charge in [-0.1, -0.05) is 18.1 Å². The maximum Gasteiger partial charge on any atom is 0.134 e. The fourth-order valence-corrected chi connectivity index (χ4v) is 0.881. The normalized spacial score (nSPS) is 9.00.